The molecule has 0 amide bonds. The van der Waals surface area contributed by atoms with Crippen LogP contribution >= 0.6 is 0 Å². The molecule has 4 nitrogen and oxygen atoms in total. The molecule has 0 fully saturated rings. The Morgan fingerprint density at radius 3 is 0.724 bits per heavy atom. The molecule has 0 saturated heterocycles. The van der Waals surface area contributed by atoms with E-state index in [0.717, 1.165) is 174 Å². The minimum absolute atomic E-state index is 0.180. The fourth-order valence-electron chi connectivity index (χ4n) is 20.7. The molecule has 0 spiro atoms. The van der Waals surface area contributed by atoms with Crippen LogP contribution in [0.15, 0.2) is 243 Å². The summed E-state index contributed by atoms with van der Waals surface area (Å²) in [6.07, 6.45) is -7.79. The van der Waals surface area contributed by atoms with Gasteiger partial charge in [-0.05, 0) is 313 Å². The minimum atomic E-state index is -2.08. The summed E-state index contributed by atoms with van der Waals surface area (Å²) in [5, 5.41) is 3.15. The zero-order chi connectivity index (χ0) is 106. The predicted molar refractivity (Wildman–Crippen MR) is 588 cm³/mol. The average Bonchev–Trinajstić information content (AvgIpc) is 0.773. The monoisotopic (exact) mass is 1780 g/mol. The van der Waals surface area contributed by atoms with Crippen LogP contribution < -0.4 is 26.2 Å². The molecule has 0 atom stereocenters. The number of aromatic nitrogens is 2. The summed E-state index contributed by atoms with van der Waals surface area (Å²) in [4.78, 5) is 5.12. The molecule has 2 aromatic heterocycles. The lowest BCUT2D eigenvalue weighted by atomic mass is 9.33. The Labute approximate surface area is 821 Å². The van der Waals surface area contributed by atoms with E-state index in [0.29, 0.717) is 27.8 Å². The van der Waals surface area contributed by atoms with Gasteiger partial charge in [0.15, 0.2) is 0 Å². The van der Waals surface area contributed by atoms with Crippen LogP contribution in [-0.2, 0) is 66.4 Å². The number of nitrogens with zero attached hydrogens (tertiary/aromatic N) is 4. The van der Waals surface area contributed by atoms with Gasteiger partial charge in [-0.1, -0.05) is 362 Å². The summed E-state index contributed by atoms with van der Waals surface area (Å²) < 4.78 is 107. The van der Waals surface area contributed by atoms with E-state index in [1.165, 1.54) is 22.3 Å². The molecule has 134 heavy (non-hydrogen) atoms. The van der Waals surface area contributed by atoms with Crippen LogP contribution in [0.2, 0.25) is 0 Å². The fraction of sp³-hybridized carbons (Fsp3) is 0.395. The van der Waals surface area contributed by atoms with E-state index in [9.17, 15) is 13.7 Å². The summed E-state index contributed by atoms with van der Waals surface area (Å²) in [6, 6.07) is 89.2. The number of benzene rings is 13. The van der Waals surface area contributed by atoms with Gasteiger partial charge in [-0.3, -0.25) is 0 Å². The quantitative estimate of drug-likeness (QED) is 0.0951. The van der Waals surface area contributed by atoms with Gasteiger partial charge in [-0.15, -0.1) is 0 Å². The van der Waals surface area contributed by atoms with Crippen molar-refractivity contribution in [1.29, 1.82) is 0 Å². The molecule has 5 heteroatoms. The van der Waals surface area contributed by atoms with Gasteiger partial charge in [0.05, 0.1) is 33.4 Å². The van der Waals surface area contributed by atoms with Gasteiger partial charge < -0.3 is 18.9 Å². The first kappa shape index (κ1) is 82.6. The first-order valence-corrected chi connectivity index (χ1v) is 49.1. The van der Waals surface area contributed by atoms with Crippen molar-refractivity contribution in [2.75, 3.05) is 9.80 Å². The van der Waals surface area contributed by atoms with E-state index in [2.05, 4.69) is 338 Å². The number of anilines is 6. The standard InChI is InChI=1S/C129H153BN4/c1-119(2,3)74-81-46-54-108-102(58-81)103-59-82(75-120(4,5)6)47-55-109(103)131(108)96-50-52-106-112(72-96)133(117-98(88-38-34-42-92(68-88)126(22,23)24)62-85(78-123(13,14)15)63-99(117)89-39-35-43-93(69-89)127(25,26)27)114-66-87(80-125(19,20)21)67-115-116(114)130(106)107-53-51-97(132-110-56-48-83(76-121(7,8)9)60-104(110)105-61-84(49-57-111(105)132)77-122(10,11)12)73-113(107)134(115)118-100(90-40-36-44-94(70-90)128(28,29)30)64-86(79-124(16,17)18)65-101(118)91-41-37-45-95(71-91)129(31,32)33/h34-73H,74-80H2,1-33H3/i74D2,75D2,76D2,77D2,80D2. The molecular weight excluding hydrogens is 1620 g/mol. The van der Waals surface area contributed by atoms with Crippen molar-refractivity contribution in [3.8, 4) is 55.9 Å². The highest BCUT2D eigenvalue weighted by atomic mass is 15.2. The first-order chi connectivity index (χ1) is 66.1. The second kappa shape index (κ2) is 33.5. The second-order valence-electron chi connectivity index (χ2n) is 50.9. The van der Waals surface area contributed by atoms with Crippen molar-refractivity contribution in [2.45, 2.75) is 295 Å². The van der Waals surface area contributed by atoms with E-state index >= 15 is 0 Å². The molecule has 13 aromatic carbocycles. The molecule has 2 aliphatic heterocycles. The molecule has 0 aliphatic carbocycles. The highest BCUT2D eigenvalue weighted by Gasteiger charge is 2.47. The van der Waals surface area contributed by atoms with Crippen molar-refractivity contribution >= 4 is 101 Å². The molecule has 17 rings (SSSR count). The lowest BCUT2D eigenvalue weighted by Gasteiger charge is -2.46. The molecule has 4 heterocycles. The van der Waals surface area contributed by atoms with Gasteiger partial charge in [-0.2, -0.15) is 0 Å². The van der Waals surface area contributed by atoms with Gasteiger partial charge in [0.25, 0.3) is 6.71 Å². The van der Waals surface area contributed by atoms with E-state index in [1.807, 2.05) is 152 Å². The topological polar surface area (TPSA) is 16.3 Å². The van der Waals surface area contributed by atoms with Crippen molar-refractivity contribution in [1.82, 2.24) is 9.13 Å². The van der Waals surface area contributed by atoms with Gasteiger partial charge in [0.2, 0.25) is 0 Å². The molecule has 692 valence electrons. The summed E-state index contributed by atoms with van der Waals surface area (Å²) in [5.41, 5.74) is 24.7. The van der Waals surface area contributed by atoms with E-state index in [4.69, 9.17) is 0 Å². The number of rotatable bonds is 15. The number of fused-ring (bicyclic) bond motifs is 10. The second-order valence-corrected chi connectivity index (χ2v) is 50.9. The predicted octanol–water partition coefficient (Wildman–Crippen LogP) is 34.9. The third kappa shape index (κ3) is 19.7. The van der Waals surface area contributed by atoms with Crippen molar-refractivity contribution in [3.63, 3.8) is 0 Å². The SMILES string of the molecule is [2H]C([2H])(c1cc2c3c(c1)N(c1c(-c4cccc(C(C)(C)C)c4)cc(CC(C)(C)C)cc1-c1cccc(C(C)(C)C)c1)c1cc(-n4c5ccc(C([2H])([2H])C(C)(C)C)cc5c5cc(C([2H])([2H])C(C)(C)C)ccc54)ccc1B3c1ccc(-n3c4ccc(C([2H])([2H])C(C)(C)C)cc4c4cc(C([2H])([2H])C(C)(C)C)ccc43)cc1N2c1c(-c2cccc(C(C)(C)C)c2)cc(CC(C)(C)C)cc1-c1cccc(C(C)(C)C)c1)C(C)(C)C. The summed E-state index contributed by atoms with van der Waals surface area (Å²) in [7, 11) is 0. The van der Waals surface area contributed by atoms with Crippen LogP contribution in [0.4, 0.5) is 34.1 Å². The van der Waals surface area contributed by atoms with Crippen LogP contribution in [0.5, 0.6) is 0 Å². The maximum Gasteiger partial charge on any atom is 0.252 e. The van der Waals surface area contributed by atoms with Crippen LogP contribution in [0.25, 0.3) is 99.5 Å². The van der Waals surface area contributed by atoms with Gasteiger partial charge >= 0.3 is 0 Å². The fourth-order valence-corrected chi connectivity index (χ4v) is 20.7. The smallest absolute Gasteiger partial charge is 0.252 e. The molecule has 0 radical (unpaired) electrons. The van der Waals surface area contributed by atoms with E-state index < -0.39 is 65.7 Å². The molecule has 0 saturated carbocycles. The highest BCUT2D eigenvalue weighted by Crippen LogP contribution is 2.57. The zero-order valence-electron chi connectivity index (χ0n) is 96.9. The van der Waals surface area contributed by atoms with Gasteiger partial charge in [0, 0.05) is 91.6 Å². The highest BCUT2D eigenvalue weighted by molar-refractivity contribution is 7.00. The Hall–Kier alpha value is -10.9. The Kier molecular flexibility index (Phi) is 20.7. The molecule has 15 aromatic rings. The summed E-state index contributed by atoms with van der Waals surface area (Å²) in [6.45, 7) is 70.2. The van der Waals surface area contributed by atoms with E-state index in [1.54, 1.807) is 0 Å². The van der Waals surface area contributed by atoms with Crippen LogP contribution in [0.3, 0.4) is 0 Å². The molecule has 2 aliphatic rings. The van der Waals surface area contributed by atoms with Gasteiger partial charge in [-0.25, -0.2) is 0 Å². The Morgan fingerprint density at radius 2 is 0.485 bits per heavy atom. The van der Waals surface area contributed by atoms with Crippen LogP contribution in [-0.4, -0.2) is 15.8 Å². The number of hydrogen-bond acceptors (Lipinski definition) is 2. The Balaban J connectivity index is 1.13. The van der Waals surface area contributed by atoms with Crippen LogP contribution in [0.1, 0.15) is 303 Å². The van der Waals surface area contributed by atoms with E-state index in [-0.39, 0.29) is 32.5 Å². The maximum atomic E-state index is 11.4. The van der Waals surface area contributed by atoms with Crippen molar-refractivity contribution in [3.05, 3.63) is 304 Å². The average molecular weight is 1780 g/mol. The normalized spacial score (nSPS) is 15.5. The molecule has 0 bridgehead atoms. The minimum Gasteiger partial charge on any atom is -0.310 e. The summed E-state index contributed by atoms with van der Waals surface area (Å²) >= 11 is 0. The third-order valence-corrected chi connectivity index (χ3v) is 26.1. The first-order valence-electron chi connectivity index (χ1n) is 54.1. The maximum absolute atomic E-state index is 11.4. The third-order valence-electron chi connectivity index (χ3n) is 26.1. The van der Waals surface area contributed by atoms with Gasteiger partial charge in [0.1, 0.15) is 0 Å². The lowest BCUT2D eigenvalue weighted by Crippen LogP contribution is -2.61. The van der Waals surface area contributed by atoms with Crippen molar-refractivity contribution < 1.29 is 13.7 Å². The van der Waals surface area contributed by atoms with Crippen molar-refractivity contribution in [2.24, 2.45) is 37.9 Å². The number of hydrogen-bond donors (Lipinski definition) is 0. The lowest BCUT2D eigenvalue weighted by molar-refractivity contribution is 0.411. The van der Waals surface area contributed by atoms with Crippen LogP contribution in [0, 0.1) is 37.9 Å². The zero-order valence-corrected chi connectivity index (χ0v) is 86.9. The summed E-state index contributed by atoms with van der Waals surface area (Å²) in [5.74, 6) is 0. The Morgan fingerprint density at radius 1 is 0.231 bits per heavy atom. The Bertz CT molecular complexity index is 6880. The molecule has 0 N–H and O–H groups in total. The molecular formula is C129H153BN4. The molecule has 0 unspecified atom stereocenters. The largest absolute Gasteiger partial charge is 0.310 e.